The Labute approximate surface area is 559 Å². The predicted molar refractivity (Wildman–Crippen MR) is 360 cm³/mol. The van der Waals surface area contributed by atoms with Crippen LogP contribution in [0.1, 0.15) is 130 Å². The lowest BCUT2D eigenvalue weighted by Crippen LogP contribution is -2.55. The number of likely N-dealkylation sites (tertiary alicyclic amines) is 2. The molecule has 5 amide bonds. The van der Waals surface area contributed by atoms with Crippen LogP contribution in [0, 0.1) is 0 Å². The van der Waals surface area contributed by atoms with Crippen LogP contribution in [0.15, 0.2) is 168 Å². The number of carboxylic acid groups (broad SMARTS) is 1. The number of hydrogen-bond donors (Lipinski definition) is 5. The molecule has 4 aliphatic heterocycles. The lowest BCUT2D eigenvalue weighted by atomic mass is 9.91. The number of fused-ring (bicyclic) bond motifs is 6. The van der Waals surface area contributed by atoms with E-state index in [9.17, 15) is 33.9 Å². The van der Waals surface area contributed by atoms with Gasteiger partial charge in [0.15, 0.2) is 23.4 Å². The number of oxime groups is 2. The Hall–Kier alpha value is -9.44. The molecular weight excluding hydrogens is 1220 g/mol. The minimum Gasteiger partial charge on any atom is -0.480 e. The zero-order valence-corrected chi connectivity index (χ0v) is 54.6. The lowest BCUT2D eigenvalue weighted by Gasteiger charge is -2.29. The Morgan fingerprint density at radius 1 is 0.562 bits per heavy atom. The number of benzene rings is 6. The van der Waals surface area contributed by atoms with Gasteiger partial charge < -0.3 is 55.4 Å². The Kier molecular flexibility index (Phi) is 20.3. The van der Waals surface area contributed by atoms with Crippen molar-refractivity contribution in [3.63, 3.8) is 0 Å². The summed E-state index contributed by atoms with van der Waals surface area (Å²) < 4.78 is 22.5. The van der Waals surface area contributed by atoms with Gasteiger partial charge in [-0.1, -0.05) is 188 Å². The van der Waals surface area contributed by atoms with E-state index in [1.807, 2.05) is 135 Å². The summed E-state index contributed by atoms with van der Waals surface area (Å²) in [7, 11) is 3.00. The fraction of sp³-hybridized carbons (Fsp3) is 0.413. The van der Waals surface area contributed by atoms with Crippen LogP contribution in [0.4, 0.5) is 9.59 Å². The zero-order valence-electron chi connectivity index (χ0n) is 54.6. The second kappa shape index (κ2) is 29.3. The van der Waals surface area contributed by atoms with Crippen molar-refractivity contribution in [2.24, 2.45) is 16.0 Å². The SMILES string of the molecule is CCC[C@H](NC(=O)C1C[C@]2(CC(c3ccccc3)=NO2)CN1C(=O)OCC1c2ccccc2-c2ccccc21)C(OC)C(=O)NC1CC1.CC[C@H](N)C(OC)C(=O)NC1CC1.O=C(O)C1C[C@]2(CC(c3ccccc3)=NO2)CN1C(=O)OCC1c2ccccc2-c2ccccc21. The highest BCUT2D eigenvalue weighted by molar-refractivity contribution is 6.03. The molecule has 4 unspecified atom stereocenters. The Bertz CT molecular complexity index is 3790. The van der Waals surface area contributed by atoms with Crippen LogP contribution in [0.25, 0.3) is 22.3 Å². The number of rotatable bonds is 20. The molecule has 2 spiro atoms. The molecule has 4 fully saturated rings. The normalized spacial score (nSPS) is 22.2. The number of nitrogens with two attached hydrogens (primary N) is 1. The van der Waals surface area contributed by atoms with Gasteiger partial charge in [-0.2, -0.15) is 0 Å². The highest BCUT2D eigenvalue weighted by Crippen LogP contribution is 2.47. The summed E-state index contributed by atoms with van der Waals surface area (Å²) in [4.78, 5) is 92.6. The second-order valence-corrected chi connectivity index (χ2v) is 26.2. The lowest BCUT2D eigenvalue weighted by molar-refractivity contribution is -0.142. The fourth-order valence-corrected chi connectivity index (χ4v) is 14.1. The maximum atomic E-state index is 14.2. The number of nitrogens with zero attached hydrogens (tertiary/aromatic N) is 4. The van der Waals surface area contributed by atoms with E-state index >= 15 is 0 Å². The number of amides is 5. The molecule has 6 aromatic rings. The number of aliphatic carboxylic acids is 1. The molecule has 14 rings (SSSR count). The number of carbonyl (C=O) groups excluding carboxylic acids is 5. The van der Waals surface area contributed by atoms with E-state index in [4.69, 9.17) is 34.4 Å². The average Bonchev–Trinajstić information content (AvgIpc) is 1.65. The molecule has 8 aliphatic rings. The highest BCUT2D eigenvalue weighted by Gasteiger charge is 2.56. The molecule has 0 radical (unpaired) electrons. The number of methoxy groups -OCH3 is 2. The molecule has 6 aromatic carbocycles. The largest absolute Gasteiger partial charge is 0.480 e. The molecule has 0 bridgehead atoms. The van der Waals surface area contributed by atoms with E-state index in [0.717, 1.165) is 106 Å². The van der Waals surface area contributed by atoms with Crippen molar-refractivity contribution >= 4 is 47.3 Å². The Morgan fingerprint density at radius 3 is 1.33 bits per heavy atom. The van der Waals surface area contributed by atoms with Crippen molar-refractivity contribution in [2.75, 3.05) is 40.5 Å². The van der Waals surface area contributed by atoms with Gasteiger partial charge in [-0.05, 0) is 94.2 Å². The first-order valence-electron chi connectivity index (χ1n) is 33.4. The molecular formula is C75H84N8O13. The molecule has 4 heterocycles. The first-order valence-corrected chi connectivity index (χ1v) is 33.4. The molecule has 6 N–H and O–H groups in total. The van der Waals surface area contributed by atoms with Gasteiger partial charge >= 0.3 is 18.2 Å². The van der Waals surface area contributed by atoms with Crippen LogP contribution in [-0.2, 0) is 47.8 Å². The number of carboxylic acids is 1. The third kappa shape index (κ3) is 14.5. The zero-order chi connectivity index (χ0) is 67.1. The summed E-state index contributed by atoms with van der Waals surface area (Å²) in [6, 6.07) is 49.8. The van der Waals surface area contributed by atoms with E-state index in [2.05, 4.69) is 62.7 Å². The van der Waals surface area contributed by atoms with Crippen LogP contribution in [0.5, 0.6) is 0 Å². The van der Waals surface area contributed by atoms with Gasteiger partial charge in [0.25, 0.3) is 11.8 Å². The monoisotopic (exact) mass is 1300 g/mol. The molecule has 502 valence electrons. The van der Waals surface area contributed by atoms with Gasteiger partial charge in [-0.3, -0.25) is 24.2 Å². The Morgan fingerprint density at radius 2 is 0.948 bits per heavy atom. The van der Waals surface area contributed by atoms with E-state index in [1.165, 1.54) is 24.0 Å². The third-order valence-electron chi connectivity index (χ3n) is 19.4. The number of carbonyl (C=O) groups is 6. The molecule has 4 aliphatic carbocycles. The summed E-state index contributed by atoms with van der Waals surface area (Å²) in [5.74, 6) is -1.98. The molecule has 0 aromatic heterocycles. The maximum Gasteiger partial charge on any atom is 0.410 e. The van der Waals surface area contributed by atoms with E-state index in [-0.39, 0.29) is 80.8 Å². The standard InChI is InChI=1S/C38H42N4O6.C28H24N2O5.C9H18N2O2/c1-3-11-31(34(46-2)36(44)39-25-18-19-25)40-35(43)33-21-38(20-32(41-48-38)24-12-5-4-6-13-24)23-42(33)37(45)47-22-30-28-16-9-7-14-26(28)27-15-8-10-17-29(27)30;31-26(32)25-15-28(14-24(29-35-28)18-8-2-1-3-9-18)17-30(25)27(33)34-16-23-21-12-6-4-10-19(21)20-11-5-7-13-22(20)23;1-3-7(10)8(13-2)9(12)11-6-4-5-6/h4-10,12-17,25,30-31,33-34H,3,11,18-23H2,1-2H3,(H,39,44)(H,40,43);1-13,23,25H,14-17H2,(H,31,32);6-8H,3-5,10H2,1-2H3,(H,11,12)/t31-,33?,34?,38+;25?,28-;7-,8?/m010/s1. The van der Waals surface area contributed by atoms with Crippen LogP contribution >= 0.6 is 0 Å². The molecule has 2 saturated heterocycles. The smallest absolute Gasteiger partial charge is 0.410 e. The van der Waals surface area contributed by atoms with E-state index < -0.39 is 59.7 Å². The molecule has 21 nitrogen and oxygen atoms in total. The van der Waals surface area contributed by atoms with Crippen LogP contribution < -0.4 is 21.7 Å². The fourth-order valence-electron chi connectivity index (χ4n) is 14.1. The van der Waals surface area contributed by atoms with Gasteiger partial charge in [-0.25, -0.2) is 14.4 Å². The molecule has 21 heteroatoms. The van der Waals surface area contributed by atoms with Crippen molar-refractivity contribution < 1.29 is 62.5 Å². The van der Waals surface area contributed by atoms with Gasteiger partial charge in [0.1, 0.15) is 25.3 Å². The van der Waals surface area contributed by atoms with Gasteiger partial charge in [0, 0.05) is 69.9 Å². The van der Waals surface area contributed by atoms with Crippen LogP contribution in [-0.4, -0.2) is 162 Å². The summed E-state index contributed by atoms with van der Waals surface area (Å²) >= 11 is 0. The summed E-state index contributed by atoms with van der Waals surface area (Å²) in [5, 5.41) is 27.4. The summed E-state index contributed by atoms with van der Waals surface area (Å²) in [6.45, 7) is 4.45. The van der Waals surface area contributed by atoms with Crippen molar-refractivity contribution in [1.82, 2.24) is 25.8 Å². The van der Waals surface area contributed by atoms with Crippen molar-refractivity contribution in [3.05, 3.63) is 191 Å². The molecule has 96 heavy (non-hydrogen) atoms. The van der Waals surface area contributed by atoms with Crippen LogP contribution in [0.3, 0.4) is 0 Å². The third-order valence-corrected chi connectivity index (χ3v) is 19.4. The quantitative estimate of drug-likeness (QED) is 0.0476. The number of hydrogen-bond acceptors (Lipinski definition) is 15. The predicted octanol–water partition coefficient (Wildman–Crippen LogP) is 9.83. The van der Waals surface area contributed by atoms with Crippen molar-refractivity contribution in [3.8, 4) is 22.3 Å². The molecule has 8 atom stereocenters. The van der Waals surface area contributed by atoms with Crippen LogP contribution in [0.2, 0.25) is 0 Å². The topological polar surface area (TPSA) is 271 Å². The van der Waals surface area contributed by atoms with Crippen molar-refractivity contribution in [2.45, 2.75) is 156 Å². The Balaban J connectivity index is 0.000000159. The molecule has 2 saturated carbocycles. The van der Waals surface area contributed by atoms with Gasteiger partial charge in [0.05, 0.1) is 30.6 Å². The maximum absolute atomic E-state index is 14.2. The second-order valence-electron chi connectivity index (χ2n) is 26.2. The minimum absolute atomic E-state index is 0.0700. The van der Waals surface area contributed by atoms with Gasteiger partial charge in [-0.15, -0.1) is 0 Å². The summed E-state index contributed by atoms with van der Waals surface area (Å²) in [6.07, 6.45) is 4.74. The first kappa shape index (κ1) is 66.6. The van der Waals surface area contributed by atoms with E-state index in [1.54, 1.807) is 0 Å². The highest BCUT2D eigenvalue weighted by atomic mass is 16.7. The van der Waals surface area contributed by atoms with E-state index in [0.29, 0.717) is 25.3 Å². The summed E-state index contributed by atoms with van der Waals surface area (Å²) in [5.41, 5.74) is 16.3. The first-order chi connectivity index (χ1) is 46.6. The number of ether oxygens (including phenoxy) is 4. The number of nitrogens with one attached hydrogen (secondary N) is 3. The average molecular weight is 1310 g/mol. The minimum atomic E-state index is -1.08. The van der Waals surface area contributed by atoms with Gasteiger partial charge in [0.2, 0.25) is 5.91 Å². The van der Waals surface area contributed by atoms with Crippen molar-refractivity contribution in [1.29, 1.82) is 0 Å².